The molecule has 7 nitrogen and oxygen atoms in total. The fraction of sp³-hybridized carbons (Fsp3) is 0.179. The highest BCUT2D eigenvalue weighted by Gasteiger charge is 2.13. The number of hydrogen-bond acceptors (Lipinski definition) is 7. The van der Waals surface area contributed by atoms with Gasteiger partial charge in [0.1, 0.15) is 5.82 Å². The molecule has 0 heterocycles. The Morgan fingerprint density at radius 1 is 0.750 bits per heavy atom. The highest BCUT2D eigenvalue weighted by molar-refractivity contribution is 6.04. The summed E-state index contributed by atoms with van der Waals surface area (Å²) in [6.45, 7) is 0. The molecule has 188 valence electrons. The van der Waals surface area contributed by atoms with Gasteiger partial charge < -0.3 is 29.0 Å². The van der Waals surface area contributed by atoms with E-state index in [4.69, 9.17) is 23.7 Å². The van der Waals surface area contributed by atoms with Crippen LogP contribution >= 0.6 is 0 Å². The quantitative estimate of drug-likeness (QED) is 0.204. The fourth-order valence-electron chi connectivity index (χ4n) is 3.52. The number of carbonyl (C=O) groups is 1. The third kappa shape index (κ3) is 6.15. The average molecular weight is 494 g/mol. The largest absolute Gasteiger partial charge is 0.493 e. The smallest absolute Gasteiger partial charge is 0.203 e. The number of ketones is 1. The van der Waals surface area contributed by atoms with E-state index >= 15 is 0 Å². The van der Waals surface area contributed by atoms with Crippen LogP contribution in [0.1, 0.15) is 21.5 Å². The standard InChI is InChI=1S/C28H28FNO6/c1-32-24-14-18(9-10-19-15-25(33-2)28(36-5)26(16-19)34-3)13-22(27(24)35-4)30-12-11-23(31)20-7-6-8-21(29)17-20/h6-17,30H,1-5H3/b10-9-,12-11-. The maximum absolute atomic E-state index is 13.4. The molecule has 0 aliphatic rings. The molecule has 0 saturated heterocycles. The molecule has 0 radical (unpaired) electrons. The van der Waals surface area contributed by atoms with Crippen LogP contribution in [0.3, 0.4) is 0 Å². The predicted octanol–water partition coefficient (Wildman–Crippen LogP) is 5.85. The Kier molecular flexibility index (Phi) is 8.94. The number of hydrogen-bond donors (Lipinski definition) is 1. The van der Waals surface area contributed by atoms with Crippen molar-refractivity contribution in [3.05, 3.63) is 83.3 Å². The molecule has 0 bridgehead atoms. The second kappa shape index (κ2) is 12.3. The van der Waals surface area contributed by atoms with Gasteiger partial charge in [0.15, 0.2) is 28.8 Å². The van der Waals surface area contributed by atoms with Crippen molar-refractivity contribution in [2.45, 2.75) is 0 Å². The Labute approximate surface area is 209 Å². The van der Waals surface area contributed by atoms with Crippen molar-refractivity contribution in [3.8, 4) is 28.7 Å². The lowest BCUT2D eigenvalue weighted by molar-refractivity contribution is 0.104. The summed E-state index contributed by atoms with van der Waals surface area (Å²) in [4.78, 5) is 12.4. The third-order valence-electron chi connectivity index (χ3n) is 5.24. The fourth-order valence-corrected chi connectivity index (χ4v) is 3.52. The second-order valence-electron chi connectivity index (χ2n) is 7.45. The molecule has 36 heavy (non-hydrogen) atoms. The number of nitrogens with one attached hydrogen (secondary N) is 1. The first-order valence-corrected chi connectivity index (χ1v) is 10.9. The lowest BCUT2D eigenvalue weighted by Crippen LogP contribution is -2.00. The Morgan fingerprint density at radius 3 is 1.83 bits per heavy atom. The maximum atomic E-state index is 13.4. The molecular weight excluding hydrogens is 465 g/mol. The van der Waals surface area contributed by atoms with E-state index in [9.17, 15) is 9.18 Å². The number of carbonyl (C=O) groups excluding carboxylic acids is 1. The molecular formula is C28H28FNO6. The van der Waals surface area contributed by atoms with E-state index in [-0.39, 0.29) is 11.3 Å². The monoisotopic (exact) mass is 493 g/mol. The first-order chi connectivity index (χ1) is 17.4. The van der Waals surface area contributed by atoms with Crippen LogP contribution in [-0.2, 0) is 0 Å². The number of ether oxygens (including phenoxy) is 5. The van der Waals surface area contributed by atoms with Crippen molar-refractivity contribution in [3.63, 3.8) is 0 Å². The summed E-state index contributed by atoms with van der Waals surface area (Å²) >= 11 is 0. The molecule has 0 spiro atoms. The number of rotatable bonds is 11. The average Bonchev–Trinajstić information content (AvgIpc) is 2.90. The van der Waals surface area contributed by atoms with Crippen molar-refractivity contribution in [2.24, 2.45) is 0 Å². The highest BCUT2D eigenvalue weighted by Crippen LogP contribution is 2.40. The first-order valence-electron chi connectivity index (χ1n) is 10.9. The molecule has 3 rings (SSSR count). The van der Waals surface area contributed by atoms with Gasteiger partial charge in [0.05, 0.1) is 41.2 Å². The highest BCUT2D eigenvalue weighted by atomic mass is 19.1. The van der Waals surface area contributed by atoms with Gasteiger partial charge in [-0.1, -0.05) is 24.3 Å². The van der Waals surface area contributed by atoms with Crippen LogP contribution in [-0.4, -0.2) is 41.3 Å². The molecule has 0 aromatic heterocycles. The summed E-state index contributed by atoms with van der Waals surface area (Å²) in [6.07, 6.45) is 6.56. The molecule has 3 aromatic carbocycles. The van der Waals surface area contributed by atoms with E-state index in [1.54, 1.807) is 27.4 Å². The van der Waals surface area contributed by atoms with Gasteiger partial charge in [0.25, 0.3) is 0 Å². The van der Waals surface area contributed by atoms with E-state index < -0.39 is 5.82 Å². The topological polar surface area (TPSA) is 75.3 Å². The summed E-state index contributed by atoms with van der Waals surface area (Å²) in [5.41, 5.74) is 2.45. The molecule has 0 aliphatic carbocycles. The molecule has 3 aromatic rings. The number of allylic oxidation sites excluding steroid dienone is 1. The molecule has 0 fully saturated rings. The van der Waals surface area contributed by atoms with Gasteiger partial charge in [0.2, 0.25) is 5.75 Å². The van der Waals surface area contributed by atoms with Crippen molar-refractivity contribution >= 4 is 23.6 Å². The molecule has 0 aliphatic heterocycles. The van der Waals surface area contributed by atoms with E-state index in [0.29, 0.717) is 34.4 Å². The minimum Gasteiger partial charge on any atom is -0.493 e. The zero-order chi connectivity index (χ0) is 26.1. The van der Waals surface area contributed by atoms with Crippen LogP contribution in [0.15, 0.2) is 60.8 Å². The molecule has 8 heteroatoms. The van der Waals surface area contributed by atoms with Crippen LogP contribution in [0.4, 0.5) is 10.1 Å². The predicted molar refractivity (Wildman–Crippen MR) is 138 cm³/mol. The zero-order valence-electron chi connectivity index (χ0n) is 20.8. The Bertz CT molecular complexity index is 1260. The summed E-state index contributed by atoms with van der Waals surface area (Å²) in [5.74, 6) is 1.74. The Balaban J connectivity index is 1.89. The molecule has 0 saturated carbocycles. The summed E-state index contributed by atoms with van der Waals surface area (Å²) in [6, 6.07) is 12.8. The van der Waals surface area contributed by atoms with Crippen molar-refractivity contribution in [2.75, 3.05) is 40.9 Å². The summed E-state index contributed by atoms with van der Waals surface area (Å²) in [7, 11) is 7.73. The number of anilines is 1. The molecule has 1 N–H and O–H groups in total. The van der Waals surface area contributed by atoms with E-state index in [2.05, 4.69) is 5.32 Å². The van der Waals surface area contributed by atoms with Crippen LogP contribution in [0, 0.1) is 5.82 Å². The van der Waals surface area contributed by atoms with Crippen LogP contribution < -0.4 is 29.0 Å². The van der Waals surface area contributed by atoms with Crippen LogP contribution in [0.25, 0.3) is 12.2 Å². The number of halogens is 1. The number of methoxy groups -OCH3 is 5. The third-order valence-corrected chi connectivity index (χ3v) is 5.24. The van der Waals surface area contributed by atoms with Gasteiger partial charge in [-0.25, -0.2) is 4.39 Å². The van der Waals surface area contributed by atoms with Gasteiger partial charge in [-0.15, -0.1) is 0 Å². The Morgan fingerprint density at radius 2 is 1.31 bits per heavy atom. The van der Waals surface area contributed by atoms with Gasteiger partial charge in [0, 0.05) is 17.8 Å². The summed E-state index contributed by atoms with van der Waals surface area (Å²) in [5, 5.41) is 3.05. The van der Waals surface area contributed by atoms with Gasteiger partial charge in [-0.3, -0.25) is 4.79 Å². The van der Waals surface area contributed by atoms with Gasteiger partial charge in [-0.05, 0) is 47.5 Å². The normalized spacial score (nSPS) is 10.9. The van der Waals surface area contributed by atoms with Crippen LogP contribution in [0.5, 0.6) is 28.7 Å². The number of benzene rings is 3. The first kappa shape index (κ1) is 26.2. The van der Waals surface area contributed by atoms with Crippen molar-refractivity contribution < 1.29 is 32.9 Å². The minimum atomic E-state index is -0.472. The second-order valence-corrected chi connectivity index (χ2v) is 7.45. The lowest BCUT2D eigenvalue weighted by Gasteiger charge is -2.14. The molecule has 0 atom stereocenters. The minimum absolute atomic E-state index is 0.250. The van der Waals surface area contributed by atoms with E-state index in [1.165, 1.54) is 44.7 Å². The van der Waals surface area contributed by atoms with Gasteiger partial charge in [-0.2, -0.15) is 0 Å². The zero-order valence-corrected chi connectivity index (χ0v) is 20.8. The van der Waals surface area contributed by atoms with Crippen molar-refractivity contribution in [1.29, 1.82) is 0 Å². The van der Waals surface area contributed by atoms with Crippen molar-refractivity contribution in [1.82, 2.24) is 0 Å². The summed E-state index contributed by atoms with van der Waals surface area (Å²) < 4.78 is 40.6. The van der Waals surface area contributed by atoms with Crippen LogP contribution in [0.2, 0.25) is 0 Å². The maximum Gasteiger partial charge on any atom is 0.203 e. The molecule has 0 amide bonds. The lowest BCUT2D eigenvalue weighted by atomic mass is 10.1. The van der Waals surface area contributed by atoms with E-state index in [0.717, 1.165) is 11.1 Å². The SMILES string of the molecule is COc1cc(/C=C\c2cc(OC)c(OC)c(OC)c2)cc(N/C=C\C(=O)c2cccc(F)c2)c1OC. The Hall–Kier alpha value is -4.46. The van der Waals surface area contributed by atoms with E-state index in [1.807, 2.05) is 36.4 Å². The van der Waals surface area contributed by atoms with Gasteiger partial charge >= 0.3 is 0 Å². The molecule has 0 unspecified atom stereocenters.